The lowest BCUT2D eigenvalue weighted by atomic mass is 10.3. The molecule has 1 rings (SSSR count). The zero-order chi connectivity index (χ0) is 14.3. The molecule has 0 radical (unpaired) electrons. The summed E-state index contributed by atoms with van der Waals surface area (Å²) in [4.78, 5) is 5.55. The van der Waals surface area contributed by atoms with Crippen molar-refractivity contribution in [2.24, 2.45) is 0 Å². The van der Waals surface area contributed by atoms with Gasteiger partial charge < -0.3 is 10.2 Å². The van der Waals surface area contributed by atoms with Crippen molar-refractivity contribution in [3.63, 3.8) is 0 Å². The van der Waals surface area contributed by atoms with Gasteiger partial charge in [0.15, 0.2) is 0 Å². The van der Waals surface area contributed by atoms with Gasteiger partial charge in [0.2, 0.25) is 0 Å². The molecular formula is C13H20F3N3. The number of rotatable bonds is 7. The molecule has 0 unspecified atom stereocenters. The molecule has 0 bridgehead atoms. The van der Waals surface area contributed by atoms with E-state index in [9.17, 15) is 13.2 Å². The van der Waals surface area contributed by atoms with Crippen LogP contribution in [0.4, 0.5) is 19.0 Å². The Hall–Kier alpha value is -1.30. The molecule has 1 aromatic heterocycles. The van der Waals surface area contributed by atoms with Crippen molar-refractivity contribution in [2.45, 2.75) is 33.0 Å². The molecule has 0 aliphatic rings. The van der Waals surface area contributed by atoms with Crippen molar-refractivity contribution in [3.05, 3.63) is 23.9 Å². The summed E-state index contributed by atoms with van der Waals surface area (Å²) >= 11 is 0. The number of hydrogen-bond donors (Lipinski definition) is 1. The molecule has 1 heterocycles. The van der Waals surface area contributed by atoms with Gasteiger partial charge in [-0.3, -0.25) is 0 Å². The van der Waals surface area contributed by atoms with Crippen molar-refractivity contribution in [1.82, 2.24) is 10.3 Å². The second kappa shape index (κ2) is 7.33. The summed E-state index contributed by atoms with van der Waals surface area (Å²) in [5.41, 5.74) is 0.752. The summed E-state index contributed by atoms with van der Waals surface area (Å²) in [6.45, 7) is 4.57. The molecule has 0 aromatic carbocycles. The summed E-state index contributed by atoms with van der Waals surface area (Å²) in [5, 5.41) is 3.11. The molecule has 0 amide bonds. The van der Waals surface area contributed by atoms with Crippen molar-refractivity contribution >= 4 is 5.82 Å². The van der Waals surface area contributed by atoms with E-state index >= 15 is 0 Å². The minimum absolute atomic E-state index is 0.344. The Labute approximate surface area is 111 Å². The molecule has 0 atom stereocenters. The fourth-order valence-corrected chi connectivity index (χ4v) is 1.76. The highest BCUT2D eigenvalue weighted by atomic mass is 19.4. The highest BCUT2D eigenvalue weighted by Crippen LogP contribution is 2.21. The number of aromatic nitrogens is 1. The minimum Gasteiger partial charge on any atom is -0.348 e. The topological polar surface area (TPSA) is 28.2 Å². The third kappa shape index (κ3) is 5.92. The first kappa shape index (κ1) is 15.8. The smallest absolute Gasteiger partial charge is 0.348 e. The van der Waals surface area contributed by atoms with Gasteiger partial charge >= 0.3 is 6.18 Å². The van der Waals surface area contributed by atoms with Crippen LogP contribution in [-0.2, 0) is 6.54 Å². The Bertz CT molecular complexity index is 380. The number of hydrogen-bond acceptors (Lipinski definition) is 3. The van der Waals surface area contributed by atoms with Crippen LogP contribution >= 0.6 is 0 Å². The lowest BCUT2D eigenvalue weighted by molar-refractivity contribution is -0.119. The first-order valence-corrected chi connectivity index (χ1v) is 6.44. The van der Waals surface area contributed by atoms with Crippen molar-refractivity contribution in [3.8, 4) is 0 Å². The van der Waals surface area contributed by atoms with Crippen LogP contribution < -0.4 is 10.2 Å². The molecule has 0 spiro atoms. The monoisotopic (exact) mass is 275 g/mol. The number of halogens is 3. The van der Waals surface area contributed by atoms with E-state index in [0.717, 1.165) is 12.2 Å². The van der Waals surface area contributed by atoms with E-state index in [-0.39, 0.29) is 0 Å². The van der Waals surface area contributed by atoms with Gasteiger partial charge in [0.25, 0.3) is 0 Å². The summed E-state index contributed by atoms with van der Waals surface area (Å²) in [6, 6.07) is 5.18. The largest absolute Gasteiger partial charge is 0.405 e. The molecule has 19 heavy (non-hydrogen) atoms. The van der Waals surface area contributed by atoms with E-state index in [1.54, 1.807) is 12.1 Å². The Morgan fingerprint density at radius 3 is 2.58 bits per heavy atom. The summed E-state index contributed by atoms with van der Waals surface area (Å²) in [6.07, 6.45) is -3.57. The lowest BCUT2D eigenvalue weighted by Crippen LogP contribution is -2.35. The van der Waals surface area contributed by atoms with E-state index < -0.39 is 12.7 Å². The van der Waals surface area contributed by atoms with Gasteiger partial charge in [-0.1, -0.05) is 19.9 Å². The quantitative estimate of drug-likeness (QED) is 0.829. The molecule has 0 aliphatic heterocycles. The van der Waals surface area contributed by atoms with Crippen LogP contribution in [0.3, 0.4) is 0 Å². The average molecular weight is 275 g/mol. The van der Waals surface area contributed by atoms with E-state index in [2.05, 4.69) is 10.3 Å². The van der Waals surface area contributed by atoms with Crippen LogP contribution in [0.1, 0.15) is 26.0 Å². The highest BCUT2D eigenvalue weighted by Gasteiger charge is 2.31. The number of anilines is 1. The fourth-order valence-electron chi connectivity index (χ4n) is 1.76. The van der Waals surface area contributed by atoms with Crippen molar-refractivity contribution < 1.29 is 13.2 Å². The van der Waals surface area contributed by atoms with Gasteiger partial charge in [0.05, 0.1) is 5.69 Å². The van der Waals surface area contributed by atoms with Crippen molar-refractivity contribution in [1.29, 1.82) is 0 Å². The van der Waals surface area contributed by atoms with Gasteiger partial charge in [0, 0.05) is 13.1 Å². The molecular weight excluding hydrogens is 255 g/mol. The van der Waals surface area contributed by atoms with E-state index in [4.69, 9.17) is 0 Å². The van der Waals surface area contributed by atoms with Crippen LogP contribution in [0.5, 0.6) is 0 Å². The highest BCUT2D eigenvalue weighted by molar-refractivity contribution is 5.39. The number of nitrogens with one attached hydrogen (secondary N) is 1. The van der Waals surface area contributed by atoms with Gasteiger partial charge in [-0.25, -0.2) is 4.98 Å². The summed E-state index contributed by atoms with van der Waals surface area (Å²) in [7, 11) is 0. The summed E-state index contributed by atoms with van der Waals surface area (Å²) < 4.78 is 37.6. The first-order valence-electron chi connectivity index (χ1n) is 6.44. The maximum absolute atomic E-state index is 12.5. The summed E-state index contributed by atoms with van der Waals surface area (Å²) in [5.74, 6) is 0.384. The van der Waals surface area contributed by atoms with E-state index in [1.165, 1.54) is 4.90 Å². The van der Waals surface area contributed by atoms with Crippen LogP contribution in [0, 0.1) is 0 Å². The standard InChI is InChI=1S/C13H20F3N3/c1-3-8-19(10-13(14,15)16)12-7-5-6-11(18-12)9-17-4-2/h5-7,17H,3-4,8-10H2,1-2H3. The second-order valence-corrected chi connectivity index (χ2v) is 4.30. The molecule has 1 aromatic rings. The third-order valence-electron chi connectivity index (χ3n) is 2.54. The van der Waals surface area contributed by atoms with Crippen LogP contribution in [0.15, 0.2) is 18.2 Å². The Morgan fingerprint density at radius 2 is 2.00 bits per heavy atom. The zero-order valence-electron chi connectivity index (χ0n) is 11.3. The van der Waals surface area contributed by atoms with Gasteiger partial charge in [-0.05, 0) is 25.1 Å². The molecule has 3 nitrogen and oxygen atoms in total. The normalized spacial score (nSPS) is 11.6. The molecule has 0 saturated carbocycles. The van der Waals surface area contributed by atoms with Gasteiger partial charge in [-0.2, -0.15) is 13.2 Å². The molecule has 1 N–H and O–H groups in total. The molecule has 0 aliphatic carbocycles. The molecule has 108 valence electrons. The second-order valence-electron chi connectivity index (χ2n) is 4.30. The first-order chi connectivity index (χ1) is 8.96. The predicted molar refractivity (Wildman–Crippen MR) is 70.2 cm³/mol. The SMILES string of the molecule is CCCN(CC(F)(F)F)c1cccc(CNCC)n1. The maximum Gasteiger partial charge on any atom is 0.405 e. The maximum atomic E-state index is 12.5. The van der Waals surface area contributed by atoms with Crippen LogP contribution in [0.25, 0.3) is 0 Å². The van der Waals surface area contributed by atoms with E-state index in [0.29, 0.717) is 25.3 Å². The van der Waals surface area contributed by atoms with Gasteiger partial charge in [0.1, 0.15) is 12.4 Å². The average Bonchev–Trinajstić information content (AvgIpc) is 2.35. The fraction of sp³-hybridized carbons (Fsp3) is 0.615. The molecule has 0 fully saturated rings. The van der Waals surface area contributed by atoms with Crippen LogP contribution in [0.2, 0.25) is 0 Å². The van der Waals surface area contributed by atoms with E-state index in [1.807, 2.05) is 19.9 Å². The Morgan fingerprint density at radius 1 is 1.26 bits per heavy atom. The third-order valence-corrected chi connectivity index (χ3v) is 2.54. The minimum atomic E-state index is -4.21. The predicted octanol–water partition coefficient (Wildman–Crippen LogP) is 2.97. The number of pyridine rings is 1. The van der Waals surface area contributed by atoms with Crippen LogP contribution in [-0.4, -0.2) is 30.8 Å². The number of nitrogens with zero attached hydrogens (tertiary/aromatic N) is 2. The zero-order valence-corrected chi connectivity index (χ0v) is 11.3. The van der Waals surface area contributed by atoms with Crippen molar-refractivity contribution in [2.75, 3.05) is 24.5 Å². The van der Waals surface area contributed by atoms with Gasteiger partial charge in [-0.15, -0.1) is 0 Å². The Kier molecular flexibility index (Phi) is 6.08. The molecule has 0 saturated heterocycles. The number of alkyl halides is 3. The lowest BCUT2D eigenvalue weighted by Gasteiger charge is -2.24. The molecule has 6 heteroatoms. The Balaban J connectivity index is 2.83.